The molecule has 2 rings (SSSR count). The molecule has 0 spiro atoms. The predicted octanol–water partition coefficient (Wildman–Crippen LogP) is 1.52. The van der Waals surface area contributed by atoms with E-state index in [-0.39, 0.29) is 11.7 Å². The maximum atomic E-state index is 13.6. The first kappa shape index (κ1) is 15.2. The van der Waals surface area contributed by atoms with Crippen LogP contribution in [-0.2, 0) is 11.3 Å². The van der Waals surface area contributed by atoms with E-state index in [4.69, 9.17) is 17.3 Å². The summed E-state index contributed by atoms with van der Waals surface area (Å²) in [6.07, 6.45) is 1.87. The van der Waals surface area contributed by atoms with Crippen molar-refractivity contribution >= 4 is 17.5 Å². The van der Waals surface area contributed by atoms with Crippen LogP contribution in [0.3, 0.4) is 0 Å². The third kappa shape index (κ3) is 4.44. The van der Waals surface area contributed by atoms with E-state index in [1.807, 2.05) is 4.90 Å². The van der Waals surface area contributed by atoms with E-state index in [2.05, 4.69) is 5.32 Å². The van der Waals surface area contributed by atoms with Gasteiger partial charge in [0.05, 0.1) is 6.54 Å². The number of rotatable bonds is 5. The topological polar surface area (TPSA) is 58.4 Å². The number of halogens is 2. The average Bonchev–Trinajstić information content (AvgIpc) is 2.39. The van der Waals surface area contributed by atoms with Crippen LogP contribution in [0.25, 0.3) is 0 Å². The van der Waals surface area contributed by atoms with E-state index < -0.39 is 0 Å². The molecule has 0 bridgehead atoms. The van der Waals surface area contributed by atoms with Crippen LogP contribution in [-0.4, -0.2) is 36.5 Å². The van der Waals surface area contributed by atoms with Crippen LogP contribution in [0, 0.1) is 5.82 Å². The Labute approximate surface area is 123 Å². The fourth-order valence-electron chi connectivity index (χ4n) is 2.43. The second kappa shape index (κ2) is 7.02. The van der Waals surface area contributed by atoms with E-state index >= 15 is 0 Å². The standard InChI is InChI=1S/C14H19ClFN3O/c15-11-2-1-10(13(16)7-11)8-18-12-3-5-19(6-4-12)9-14(17)20/h1-2,7,12,18H,3-6,8-9H2,(H2,17,20). The minimum atomic E-state index is -0.292. The molecule has 110 valence electrons. The number of likely N-dealkylation sites (tertiary alicyclic amines) is 1. The second-order valence-electron chi connectivity index (χ2n) is 5.13. The van der Waals surface area contributed by atoms with Gasteiger partial charge in [-0.05, 0) is 25.0 Å². The Morgan fingerprint density at radius 3 is 2.75 bits per heavy atom. The summed E-state index contributed by atoms with van der Waals surface area (Å²) in [6, 6.07) is 5.06. The minimum Gasteiger partial charge on any atom is -0.369 e. The molecule has 0 unspecified atom stereocenters. The number of carbonyl (C=O) groups excluding carboxylic acids is 1. The van der Waals surface area contributed by atoms with Crippen LogP contribution < -0.4 is 11.1 Å². The molecule has 0 aliphatic carbocycles. The number of primary amides is 1. The summed E-state index contributed by atoms with van der Waals surface area (Å²) in [5.41, 5.74) is 5.79. The van der Waals surface area contributed by atoms with Gasteiger partial charge in [-0.1, -0.05) is 17.7 Å². The summed E-state index contributed by atoms with van der Waals surface area (Å²) in [6.45, 7) is 2.48. The molecule has 0 saturated carbocycles. The van der Waals surface area contributed by atoms with Crippen LogP contribution in [0.15, 0.2) is 18.2 Å². The number of benzene rings is 1. The lowest BCUT2D eigenvalue weighted by atomic mass is 10.0. The molecule has 6 heteroatoms. The number of hydrogen-bond donors (Lipinski definition) is 2. The number of carbonyl (C=O) groups is 1. The lowest BCUT2D eigenvalue weighted by Crippen LogP contribution is -2.45. The highest BCUT2D eigenvalue weighted by Crippen LogP contribution is 2.16. The molecule has 20 heavy (non-hydrogen) atoms. The highest BCUT2D eigenvalue weighted by atomic mass is 35.5. The van der Waals surface area contributed by atoms with Gasteiger partial charge >= 0.3 is 0 Å². The summed E-state index contributed by atoms with van der Waals surface area (Å²) < 4.78 is 13.6. The van der Waals surface area contributed by atoms with E-state index in [0.29, 0.717) is 29.7 Å². The molecule has 1 aliphatic heterocycles. The summed E-state index contributed by atoms with van der Waals surface area (Å²) in [5.74, 6) is -0.573. The maximum Gasteiger partial charge on any atom is 0.231 e. The van der Waals surface area contributed by atoms with Crippen LogP contribution in [0.4, 0.5) is 4.39 Å². The number of nitrogens with two attached hydrogens (primary N) is 1. The molecule has 1 amide bonds. The number of nitrogens with one attached hydrogen (secondary N) is 1. The predicted molar refractivity (Wildman–Crippen MR) is 76.9 cm³/mol. The summed E-state index contributed by atoms with van der Waals surface area (Å²) in [4.78, 5) is 12.9. The monoisotopic (exact) mass is 299 g/mol. The number of amides is 1. The van der Waals surface area contributed by atoms with Gasteiger partial charge < -0.3 is 11.1 Å². The van der Waals surface area contributed by atoms with Gasteiger partial charge in [-0.2, -0.15) is 0 Å². The Morgan fingerprint density at radius 1 is 1.45 bits per heavy atom. The Kier molecular flexibility index (Phi) is 5.34. The highest BCUT2D eigenvalue weighted by Gasteiger charge is 2.19. The number of piperidine rings is 1. The smallest absolute Gasteiger partial charge is 0.231 e. The largest absolute Gasteiger partial charge is 0.369 e. The molecular weight excluding hydrogens is 281 g/mol. The molecule has 0 aromatic heterocycles. The second-order valence-corrected chi connectivity index (χ2v) is 5.57. The third-order valence-corrected chi connectivity index (χ3v) is 3.80. The Bertz CT molecular complexity index is 475. The van der Waals surface area contributed by atoms with Crippen molar-refractivity contribution in [2.45, 2.75) is 25.4 Å². The molecule has 4 nitrogen and oxygen atoms in total. The average molecular weight is 300 g/mol. The van der Waals surface area contributed by atoms with Gasteiger partial charge in [-0.25, -0.2) is 4.39 Å². The maximum absolute atomic E-state index is 13.6. The van der Waals surface area contributed by atoms with Crippen LogP contribution in [0.1, 0.15) is 18.4 Å². The van der Waals surface area contributed by atoms with Gasteiger partial charge in [0, 0.05) is 36.3 Å². The summed E-state index contributed by atoms with van der Waals surface area (Å²) >= 11 is 5.72. The molecule has 1 aliphatic rings. The lowest BCUT2D eigenvalue weighted by Gasteiger charge is -2.31. The van der Waals surface area contributed by atoms with Gasteiger partial charge in [-0.15, -0.1) is 0 Å². The van der Waals surface area contributed by atoms with Gasteiger partial charge in [0.15, 0.2) is 0 Å². The highest BCUT2D eigenvalue weighted by molar-refractivity contribution is 6.30. The van der Waals surface area contributed by atoms with Crippen LogP contribution in [0.2, 0.25) is 5.02 Å². The molecular formula is C14H19ClFN3O. The van der Waals surface area contributed by atoms with Crippen molar-refractivity contribution in [3.05, 3.63) is 34.6 Å². The van der Waals surface area contributed by atoms with Crippen molar-refractivity contribution in [2.75, 3.05) is 19.6 Å². The lowest BCUT2D eigenvalue weighted by molar-refractivity contribution is -0.119. The van der Waals surface area contributed by atoms with Crippen molar-refractivity contribution in [3.63, 3.8) is 0 Å². The van der Waals surface area contributed by atoms with Crippen molar-refractivity contribution in [1.29, 1.82) is 0 Å². The Balaban J connectivity index is 1.77. The van der Waals surface area contributed by atoms with Crippen molar-refractivity contribution in [1.82, 2.24) is 10.2 Å². The van der Waals surface area contributed by atoms with E-state index in [1.54, 1.807) is 12.1 Å². The first-order chi connectivity index (χ1) is 9.54. The molecule has 3 N–H and O–H groups in total. The molecule has 0 atom stereocenters. The first-order valence-corrected chi connectivity index (χ1v) is 7.10. The Hall–Kier alpha value is -1.17. The minimum absolute atomic E-state index is 0.281. The van der Waals surface area contributed by atoms with Gasteiger partial charge in [0.25, 0.3) is 0 Å². The van der Waals surface area contributed by atoms with E-state index in [0.717, 1.165) is 25.9 Å². The first-order valence-electron chi connectivity index (χ1n) is 6.72. The normalized spacial score (nSPS) is 17.3. The Morgan fingerprint density at radius 2 is 2.15 bits per heavy atom. The zero-order valence-corrected chi connectivity index (χ0v) is 12.0. The molecule has 1 aromatic rings. The zero-order valence-electron chi connectivity index (χ0n) is 11.2. The van der Waals surface area contributed by atoms with Crippen molar-refractivity contribution < 1.29 is 9.18 Å². The molecule has 1 saturated heterocycles. The third-order valence-electron chi connectivity index (χ3n) is 3.56. The van der Waals surface area contributed by atoms with Crippen molar-refractivity contribution in [3.8, 4) is 0 Å². The van der Waals surface area contributed by atoms with E-state index in [1.165, 1.54) is 6.07 Å². The van der Waals surface area contributed by atoms with Crippen LogP contribution >= 0.6 is 11.6 Å². The van der Waals surface area contributed by atoms with Crippen molar-refractivity contribution in [2.24, 2.45) is 5.73 Å². The summed E-state index contributed by atoms with van der Waals surface area (Å²) in [5, 5.41) is 3.75. The number of nitrogens with zero attached hydrogens (tertiary/aromatic N) is 1. The van der Waals surface area contributed by atoms with Gasteiger partial charge in [0.1, 0.15) is 5.82 Å². The fourth-order valence-corrected chi connectivity index (χ4v) is 2.59. The van der Waals surface area contributed by atoms with Crippen LogP contribution in [0.5, 0.6) is 0 Å². The SMILES string of the molecule is NC(=O)CN1CCC(NCc2ccc(Cl)cc2F)CC1. The fraction of sp³-hybridized carbons (Fsp3) is 0.500. The number of hydrogen-bond acceptors (Lipinski definition) is 3. The molecule has 1 heterocycles. The van der Waals surface area contributed by atoms with E-state index in [9.17, 15) is 9.18 Å². The summed E-state index contributed by atoms with van der Waals surface area (Å²) in [7, 11) is 0. The quantitative estimate of drug-likeness (QED) is 0.867. The van der Waals surface area contributed by atoms with Gasteiger partial charge in [0.2, 0.25) is 5.91 Å². The molecule has 0 radical (unpaired) electrons. The molecule has 1 fully saturated rings. The zero-order chi connectivity index (χ0) is 14.5. The molecule has 1 aromatic carbocycles. The van der Waals surface area contributed by atoms with Gasteiger partial charge in [-0.3, -0.25) is 9.69 Å².